The summed E-state index contributed by atoms with van der Waals surface area (Å²) in [5, 5.41) is 1.67. The van der Waals surface area contributed by atoms with E-state index in [2.05, 4.69) is 9.88 Å². The molecule has 2 amide bonds. The molecule has 1 aliphatic heterocycles. The fraction of sp³-hybridized carbons (Fsp3) is 0.353. The molecule has 0 bridgehead atoms. The Morgan fingerprint density at radius 1 is 0.889 bits per heavy atom. The van der Waals surface area contributed by atoms with Crippen molar-refractivity contribution in [2.24, 2.45) is 5.41 Å². The standard InChI is InChI=1S/C34H39N5O4.2ClH/c1-5-39-29-12-11-27(23-30(29)36(4)32(41)34(2,3)33(39)42)43-22-8-18-37(24-25-13-16-35-17-14-25)20-21-38-19-15-26-9-6-7-10-28(26)31(38)40;;/h6-7,9-17,19,23H,5,8,18,20-22,24H2,1-4H3;2*1H. The summed E-state index contributed by atoms with van der Waals surface area (Å²) in [4.78, 5) is 49.0. The minimum Gasteiger partial charge on any atom is -0.493 e. The number of halogens is 2. The van der Waals surface area contributed by atoms with Gasteiger partial charge in [-0.3, -0.25) is 24.3 Å². The monoisotopic (exact) mass is 653 g/mol. The lowest BCUT2D eigenvalue weighted by atomic mass is 9.90. The van der Waals surface area contributed by atoms with Crippen LogP contribution in [-0.4, -0.2) is 59.6 Å². The summed E-state index contributed by atoms with van der Waals surface area (Å²) in [6, 6.07) is 19.2. The normalized spacial score (nSPS) is 14.1. The molecule has 0 N–H and O–H groups in total. The van der Waals surface area contributed by atoms with Gasteiger partial charge in [-0.1, -0.05) is 18.2 Å². The van der Waals surface area contributed by atoms with Gasteiger partial charge < -0.3 is 19.1 Å². The van der Waals surface area contributed by atoms with Crippen LogP contribution in [0.4, 0.5) is 11.4 Å². The van der Waals surface area contributed by atoms with Crippen molar-refractivity contribution in [1.82, 2.24) is 14.5 Å². The van der Waals surface area contributed by atoms with Gasteiger partial charge in [-0.15, -0.1) is 24.8 Å². The second-order valence-corrected chi connectivity index (χ2v) is 11.4. The first-order chi connectivity index (χ1) is 20.7. The first-order valence-electron chi connectivity index (χ1n) is 14.8. The topological polar surface area (TPSA) is 88.0 Å². The summed E-state index contributed by atoms with van der Waals surface area (Å²) in [5.74, 6) is 0.189. The summed E-state index contributed by atoms with van der Waals surface area (Å²) in [6.45, 7) is 8.96. The van der Waals surface area contributed by atoms with Gasteiger partial charge in [0, 0.05) is 69.8 Å². The van der Waals surface area contributed by atoms with Crippen LogP contribution < -0.4 is 20.1 Å². The van der Waals surface area contributed by atoms with E-state index >= 15 is 0 Å². The number of carbonyl (C=O) groups is 2. The molecule has 0 aliphatic carbocycles. The molecule has 45 heavy (non-hydrogen) atoms. The maximum Gasteiger partial charge on any atom is 0.258 e. The van der Waals surface area contributed by atoms with Crippen LogP contribution in [0.25, 0.3) is 10.8 Å². The number of amides is 2. The maximum absolute atomic E-state index is 13.2. The smallest absolute Gasteiger partial charge is 0.258 e. The van der Waals surface area contributed by atoms with Gasteiger partial charge in [0.25, 0.3) is 5.56 Å². The van der Waals surface area contributed by atoms with Gasteiger partial charge >= 0.3 is 0 Å². The van der Waals surface area contributed by atoms with Crippen LogP contribution in [0.1, 0.15) is 32.8 Å². The number of anilines is 2. The first-order valence-corrected chi connectivity index (χ1v) is 14.8. The number of rotatable bonds is 11. The number of hydrogen-bond donors (Lipinski definition) is 0. The van der Waals surface area contributed by atoms with E-state index in [4.69, 9.17) is 4.74 Å². The lowest BCUT2D eigenvalue weighted by Crippen LogP contribution is -2.47. The zero-order valence-corrected chi connectivity index (χ0v) is 27.8. The lowest BCUT2D eigenvalue weighted by Gasteiger charge is -2.27. The number of ether oxygens (including phenoxy) is 1. The summed E-state index contributed by atoms with van der Waals surface area (Å²) >= 11 is 0. The Kier molecular flexibility index (Phi) is 12.2. The number of carbonyl (C=O) groups excluding carboxylic acids is 2. The number of benzene rings is 2. The number of fused-ring (bicyclic) bond motifs is 2. The highest BCUT2D eigenvalue weighted by atomic mass is 35.5. The number of pyridine rings is 2. The minimum atomic E-state index is -1.15. The molecule has 9 nitrogen and oxygen atoms in total. The van der Waals surface area contributed by atoms with Gasteiger partial charge in [0.05, 0.1) is 18.0 Å². The molecule has 0 fully saturated rings. The van der Waals surface area contributed by atoms with Crippen molar-refractivity contribution < 1.29 is 14.3 Å². The van der Waals surface area contributed by atoms with Crippen LogP contribution in [0.5, 0.6) is 5.75 Å². The second kappa shape index (κ2) is 15.4. The van der Waals surface area contributed by atoms with Crippen LogP contribution in [0, 0.1) is 5.41 Å². The quantitative estimate of drug-likeness (QED) is 0.155. The molecule has 0 saturated heterocycles. The van der Waals surface area contributed by atoms with Crippen molar-refractivity contribution in [2.45, 2.75) is 40.3 Å². The highest BCUT2D eigenvalue weighted by Gasteiger charge is 2.45. The van der Waals surface area contributed by atoms with Crippen molar-refractivity contribution in [3.05, 3.63) is 95.2 Å². The summed E-state index contributed by atoms with van der Waals surface area (Å²) in [6.07, 6.45) is 6.21. The maximum atomic E-state index is 13.2. The average molecular weight is 655 g/mol. The van der Waals surface area contributed by atoms with E-state index in [1.54, 1.807) is 47.7 Å². The molecule has 3 heterocycles. The van der Waals surface area contributed by atoms with Crippen molar-refractivity contribution in [1.29, 1.82) is 0 Å². The van der Waals surface area contributed by atoms with Crippen LogP contribution in [0.3, 0.4) is 0 Å². The number of hydrogen-bond acceptors (Lipinski definition) is 6. The van der Waals surface area contributed by atoms with Crippen LogP contribution in [-0.2, 0) is 22.7 Å². The third-order valence-corrected chi connectivity index (χ3v) is 8.12. The third-order valence-electron chi connectivity index (χ3n) is 8.12. The van der Waals surface area contributed by atoms with Crippen molar-refractivity contribution in [2.75, 3.05) is 43.1 Å². The van der Waals surface area contributed by atoms with E-state index < -0.39 is 5.41 Å². The highest BCUT2D eigenvalue weighted by molar-refractivity contribution is 6.20. The molecule has 1 aliphatic rings. The van der Waals surface area contributed by atoms with E-state index in [9.17, 15) is 14.4 Å². The minimum absolute atomic E-state index is 0. The Bertz CT molecular complexity index is 1680. The Labute approximate surface area is 276 Å². The molecule has 0 saturated carbocycles. The van der Waals surface area contributed by atoms with Gasteiger partial charge in [-0.2, -0.15) is 0 Å². The van der Waals surface area contributed by atoms with E-state index in [1.165, 1.54) is 0 Å². The van der Waals surface area contributed by atoms with Gasteiger partial charge in [0.2, 0.25) is 11.8 Å². The molecule has 0 spiro atoms. The third kappa shape index (κ3) is 7.66. The Morgan fingerprint density at radius 2 is 1.62 bits per heavy atom. The van der Waals surface area contributed by atoms with Crippen molar-refractivity contribution in [3.8, 4) is 5.75 Å². The van der Waals surface area contributed by atoms with Crippen molar-refractivity contribution >= 4 is 58.8 Å². The van der Waals surface area contributed by atoms with E-state index in [1.807, 2.05) is 73.8 Å². The van der Waals surface area contributed by atoms with Gasteiger partial charge in [0.15, 0.2) is 0 Å². The van der Waals surface area contributed by atoms with Gasteiger partial charge in [-0.05, 0) is 74.5 Å². The molecule has 4 aromatic rings. The van der Waals surface area contributed by atoms with Gasteiger partial charge in [0.1, 0.15) is 11.2 Å². The predicted octanol–water partition coefficient (Wildman–Crippen LogP) is 5.57. The Morgan fingerprint density at radius 3 is 2.36 bits per heavy atom. The van der Waals surface area contributed by atoms with Crippen LogP contribution in [0.2, 0.25) is 0 Å². The molecule has 11 heteroatoms. The Hall–Kier alpha value is -3.92. The molecule has 0 unspecified atom stereocenters. The SMILES string of the molecule is CCN1C(=O)C(C)(C)C(=O)N(C)c2cc(OCCCN(CCn3ccc4ccccc4c3=O)Cc3ccncc3)ccc21.Cl.Cl. The van der Waals surface area contributed by atoms with E-state index in [0.717, 1.165) is 35.8 Å². The number of aromatic nitrogens is 2. The molecule has 2 aromatic heterocycles. The summed E-state index contributed by atoms with van der Waals surface area (Å²) in [5.41, 5.74) is 1.38. The predicted molar refractivity (Wildman–Crippen MR) is 184 cm³/mol. The molecule has 0 radical (unpaired) electrons. The molecule has 2 aromatic carbocycles. The molecule has 5 rings (SSSR count). The second-order valence-electron chi connectivity index (χ2n) is 11.4. The zero-order chi connectivity index (χ0) is 30.6. The molecule has 240 valence electrons. The highest BCUT2D eigenvalue weighted by Crippen LogP contribution is 2.40. The van der Waals surface area contributed by atoms with E-state index in [0.29, 0.717) is 43.4 Å². The largest absolute Gasteiger partial charge is 0.493 e. The summed E-state index contributed by atoms with van der Waals surface area (Å²) < 4.78 is 7.92. The lowest BCUT2D eigenvalue weighted by molar-refractivity contribution is -0.137. The fourth-order valence-corrected chi connectivity index (χ4v) is 5.62. The van der Waals surface area contributed by atoms with Gasteiger partial charge in [-0.25, -0.2) is 0 Å². The first kappa shape index (κ1) is 35.6. The fourth-order valence-electron chi connectivity index (χ4n) is 5.62. The molecular formula is C34H41Cl2N5O4. The van der Waals surface area contributed by atoms with E-state index in [-0.39, 0.29) is 42.2 Å². The zero-order valence-electron chi connectivity index (χ0n) is 26.1. The van der Waals surface area contributed by atoms with Crippen LogP contribution in [0.15, 0.2) is 84.0 Å². The van der Waals surface area contributed by atoms with Crippen LogP contribution >= 0.6 is 24.8 Å². The Balaban J connectivity index is 0.00000276. The molecule has 0 atom stereocenters. The average Bonchev–Trinajstić information content (AvgIpc) is 3.07. The molecular weight excluding hydrogens is 613 g/mol. The summed E-state index contributed by atoms with van der Waals surface area (Å²) in [7, 11) is 1.71. The van der Waals surface area contributed by atoms with Crippen molar-refractivity contribution in [3.63, 3.8) is 0 Å². The number of nitrogens with zero attached hydrogens (tertiary/aromatic N) is 5.